The molecule has 1 aromatic rings. The number of ether oxygens (including phenoxy) is 2. The van der Waals surface area contributed by atoms with Crippen molar-refractivity contribution in [3.05, 3.63) is 22.2 Å². The van der Waals surface area contributed by atoms with E-state index in [9.17, 15) is 0 Å². The molecule has 0 saturated carbocycles. The third-order valence-electron chi connectivity index (χ3n) is 2.60. The number of rotatable bonds is 5. The molecule has 0 heterocycles. The maximum Gasteiger partial charge on any atom is 0.161 e. The molecule has 0 aliphatic heterocycles. The second-order valence-electron chi connectivity index (χ2n) is 5.23. The standard InChI is InChI=1S/C14H22BrNO2/c1-14(2,3)16-7-6-10-8-12(17-4)13(18-5)9-11(10)15/h8-9,16H,6-7H2,1-5H3. The van der Waals surface area contributed by atoms with Gasteiger partial charge in [-0.3, -0.25) is 0 Å². The molecule has 18 heavy (non-hydrogen) atoms. The van der Waals surface area contributed by atoms with Crippen molar-refractivity contribution in [3.63, 3.8) is 0 Å². The molecule has 0 atom stereocenters. The number of hydrogen-bond donors (Lipinski definition) is 1. The summed E-state index contributed by atoms with van der Waals surface area (Å²) in [5, 5.41) is 3.47. The van der Waals surface area contributed by atoms with Gasteiger partial charge in [-0.1, -0.05) is 15.9 Å². The molecule has 0 unspecified atom stereocenters. The SMILES string of the molecule is COc1cc(Br)c(CCNC(C)(C)C)cc1OC. The Kier molecular flexibility index (Phi) is 5.47. The quantitative estimate of drug-likeness (QED) is 0.903. The zero-order valence-corrected chi connectivity index (χ0v) is 13.3. The minimum atomic E-state index is 0.142. The van der Waals surface area contributed by atoms with E-state index in [4.69, 9.17) is 9.47 Å². The van der Waals surface area contributed by atoms with Crippen LogP contribution in [-0.2, 0) is 6.42 Å². The summed E-state index contributed by atoms with van der Waals surface area (Å²) in [6.45, 7) is 7.42. The summed E-state index contributed by atoms with van der Waals surface area (Å²) in [6.07, 6.45) is 0.943. The van der Waals surface area contributed by atoms with Crippen LogP contribution >= 0.6 is 15.9 Å². The van der Waals surface area contributed by atoms with Crippen molar-refractivity contribution in [1.29, 1.82) is 0 Å². The summed E-state index contributed by atoms with van der Waals surface area (Å²) in [6, 6.07) is 3.97. The van der Waals surface area contributed by atoms with Gasteiger partial charge in [0.15, 0.2) is 11.5 Å². The highest BCUT2D eigenvalue weighted by molar-refractivity contribution is 9.10. The van der Waals surface area contributed by atoms with Crippen LogP contribution in [0.3, 0.4) is 0 Å². The van der Waals surface area contributed by atoms with Gasteiger partial charge in [-0.2, -0.15) is 0 Å². The molecule has 0 radical (unpaired) electrons. The Morgan fingerprint density at radius 1 is 1.11 bits per heavy atom. The normalized spacial score (nSPS) is 11.4. The molecule has 1 aromatic carbocycles. The second-order valence-corrected chi connectivity index (χ2v) is 6.08. The van der Waals surface area contributed by atoms with E-state index in [0.717, 1.165) is 28.9 Å². The molecule has 0 bridgehead atoms. The molecular weight excluding hydrogens is 294 g/mol. The van der Waals surface area contributed by atoms with Gasteiger partial charge in [0, 0.05) is 10.0 Å². The van der Waals surface area contributed by atoms with Gasteiger partial charge in [0.05, 0.1) is 14.2 Å². The Bertz CT molecular complexity index is 400. The lowest BCUT2D eigenvalue weighted by atomic mass is 10.1. The van der Waals surface area contributed by atoms with Crippen molar-refractivity contribution in [3.8, 4) is 11.5 Å². The fourth-order valence-corrected chi connectivity index (χ4v) is 2.18. The van der Waals surface area contributed by atoms with E-state index in [1.165, 1.54) is 5.56 Å². The number of methoxy groups -OCH3 is 2. The van der Waals surface area contributed by atoms with E-state index < -0.39 is 0 Å². The fraction of sp³-hybridized carbons (Fsp3) is 0.571. The van der Waals surface area contributed by atoms with Crippen molar-refractivity contribution in [2.45, 2.75) is 32.7 Å². The summed E-state index contributed by atoms with van der Waals surface area (Å²) >= 11 is 3.57. The molecule has 0 fully saturated rings. The van der Waals surface area contributed by atoms with Crippen molar-refractivity contribution < 1.29 is 9.47 Å². The first-order valence-electron chi connectivity index (χ1n) is 6.03. The third-order valence-corrected chi connectivity index (χ3v) is 3.34. The van der Waals surface area contributed by atoms with Crippen LogP contribution in [0.2, 0.25) is 0 Å². The van der Waals surface area contributed by atoms with Gasteiger partial charge >= 0.3 is 0 Å². The topological polar surface area (TPSA) is 30.5 Å². The van der Waals surface area contributed by atoms with Gasteiger partial charge in [0.1, 0.15) is 0 Å². The number of nitrogens with one attached hydrogen (secondary N) is 1. The maximum atomic E-state index is 5.31. The number of halogens is 1. The molecule has 1 N–H and O–H groups in total. The summed E-state index contributed by atoms with van der Waals surface area (Å²) in [7, 11) is 3.30. The molecule has 0 aliphatic rings. The van der Waals surface area contributed by atoms with E-state index in [1.54, 1.807) is 14.2 Å². The molecule has 1 rings (SSSR count). The highest BCUT2D eigenvalue weighted by Crippen LogP contribution is 2.33. The molecule has 0 spiro atoms. The van der Waals surface area contributed by atoms with Gasteiger partial charge in [-0.05, 0) is 51.4 Å². The van der Waals surface area contributed by atoms with E-state index in [1.807, 2.05) is 12.1 Å². The van der Waals surface area contributed by atoms with E-state index in [-0.39, 0.29) is 5.54 Å². The largest absolute Gasteiger partial charge is 0.493 e. The zero-order valence-electron chi connectivity index (χ0n) is 11.8. The van der Waals surface area contributed by atoms with Gasteiger partial charge in [0.25, 0.3) is 0 Å². The monoisotopic (exact) mass is 315 g/mol. The Balaban J connectivity index is 2.77. The smallest absolute Gasteiger partial charge is 0.161 e. The van der Waals surface area contributed by atoms with Crippen LogP contribution in [0.15, 0.2) is 16.6 Å². The zero-order chi connectivity index (χ0) is 13.8. The van der Waals surface area contributed by atoms with E-state index in [2.05, 4.69) is 42.0 Å². The van der Waals surface area contributed by atoms with Crippen LogP contribution in [0.4, 0.5) is 0 Å². The Labute approximate surface area is 118 Å². The summed E-state index contributed by atoms with van der Waals surface area (Å²) in [5.74, 6) is 1.52. The van der Waals surface area contributed by atoms with Crippen molar-refractivity contribution >= 4 is 15.9 Å². The van der Waals surface area contributed by atoms with Gasteiger partial charge in [0.2, 0.25) is 0 Å². The first-order valence-corrected chi connectivity index (χ1v) is 6.82. The average Bonchev–Trinajstić information content (AvgIpc) is 2.29. The van der Waals surface area contributed by atoms with Crippen LogP contribution in [0.25, 0.3) is 0 Å². The molecule has 3 nitrogen and oxygen atoms in total. The van der Waals surface area contributed by atoms with Crippen LogP contribution in [0.5, 0.6) is 11.5 Å². The van der Waals surface area contributed by atoms with Crippen LogP contribution in [0.1, 0.15) is 26.3 Å². The molecule has 102 valence electrons. The van der Waals surface area contributed by atoms with Gasteiger partial charge < -0.3 is 14.8 Å². The van der Waals surface area contributed by atoms with Gasteiger partial charge in [-0.15, -0.1) is 0 Å². The Morgan fingerprint density at radius 3 is 2.17 bits per heavy atom. The lowest BCUT2D eigenvalue weighted by Gasteiger charge is -2.21. The van der Waals surface area contributed by atoms with E-state index >= 15 is 0 Å². The lowest BCUT2D eigenvalue weighted by Crippen LogP contribution is -2.37. The first-order chi connectivity index (χ1) is 8.37. The molecule has 0 aromatic heterocycles. The van der Waals surface area contributed by atoms with Crippen LogP contribution in [-0.4, -0.2) is 26.3 Å². The predicted octanol–water partition coefficient (Wildman–Crippen LogP) is 3.40. The predicted molar refractivity (Wildman–Crippen MR) is 78.7 cm³/mol. The minimum Gasteiger partial charge on any atom is -0.493 e. The molecule has 0 amide bonds. The Hall–Kier alpha value is -0.740. The van der Waals surface area contributed by atoms with Crippen molar-refractivity contribution in [1.82, 2.24) is 5.32 Å². The summed E-state index contributed by atoms with van der Waals surface area (Å²) < 4.78 is 11.6. The van der Waals surface area contributed by atoms with Crippen molar-refractivity contribution in [2.75, 3.05) is 20.8 Å². The molecule has 0 saturated heterocycles. The maximum absolute atomic E-state index is 5.31. The molecule has 0 aliphatic carbocycles. The summed E-state index contributed by atoms with van der Waals surface area (Å²) in [4.78, 5) is 0. The lowest BCUT2D eigenvalue weighted by molar-refractivity contribution is 0.354. The molecular formula is C14H22BrNO2. The second kappa shape index (κ2) is 6.43. The van der Waals surface area contributed by atoms with Gasteiger partial charge in [-0.25, -0.2) is 0 Å². The van der Waals surface area contributed by atoms with Crippen molar-refractivity contribution in [2.24, 2.45) is 0 Å². The third kappa shape index (κ3) is 4.50. The van der Waals surface area contributed by atoms with Crippen LogP contribution in [0, 0.1) is 0 Å². The highest BCUT2D eigenvalue weighted by Gasteiger charge is 2.11. The first kappa shape index (κ1) is 15.3. The van der Waals surface area contributed by atoms with Crippen LogP contribution < -0.4 is 14.8 Å². The number of benzene rings is 1. The fourth-order valence-electron chi connectivity index (χ4n) is 1.66. The Morgan fingerprint density at radius 2 is 1.67 bits per heavy atom. The average molecular weight is 316 g/mol. The minimum absolute atomic E-state index is 0.142. The summed E-state index contributed by atoms with van der Waals surface area (Å²) in [5.41, 5.74) is 1.35. The number of hydrogen-bond acceptors (Lipinski definition) is 3. The highest BCUT2D eigenvalue weighted by atomic mass is 79.9. The molecule has 4 heteroatoms. The van der Waals surface area contributed by atoms with E-state index in [0.29, 0.717) is 0 Å².